The molecule has 2 saturated heterocycles. The molecule has 0 saturated carbocycles. The van der Waals surface area contributed by atoms with Crippen LogP contribution in [0.4, 0.5) is 0 Å². The minimum absolute atomic E-state index is 0.369. The maximum Gasteiger partial charge on any atom is 0.222 e. The fraction of sp³-hybridized carbons (Fsp3) is 0.526. The lowest BCUT2D eigenvalue weighted by atomic mass is 10.0. The first-order valence-electron chi connectivity index (χ1n) is 8.88. The van der Waals surface area contributed by atoms with Gasteiger partial charge in [0.25, 0.3) is 0 Å². The first kappa shape index (κ1) is 14.8. The summed E-state index contributed by atoms with van der Waals surface area (Å²) in [5.41, 5.74) is 2.63. The summed E-state index contributed by atoms with van der Waals surface area (Å²) in [6.07, 6.45) is 7.41. The predicted molar refractivity (Wildman–Crippen MR) is 92.4 cm³/mol. The zero-order chi connectivity index (χ0) is 15.6. The zero-order valence-electron chi connectivity index (χ0n) is 13.6. The Hall–Kier alpha value is -1.81. The second kappa shape index (κ2) is 6.36. The van der Waals surface area contributed by atoms with Crippen LogP contribution in [0.25, 0.3) is 10.9 Å². The van der Waals surface area contributed by atoms with Gasteiger partial charge in [0.05, 0.1) is 0 Å². The van der Waals surface area contributed by atoms with Crippen molar-refractivity contribution in [3.05, 3.63) is 36.0 Å². The van der Waals surface area contributed by atoms with Crippen LogP contribution in [-0.2, 0) is 11.2 Å². The molecule has 2 aliphatic heterocycles. The van der Waals surface area contributed by atoms with E-state index in [0.717, 1.165) is 38.9 Å². The van der Waals surface area contributed by atoms with Crippen LogP contribution in [0.3, 0.4) is 0 Å². The Morgan fingerprint density at radius 3 is 2.96 bits per heavy atom. The van der Waals surface area contributed by atoms with Crippen molar-refractivity contribution in [1.82, 2.24) is 14.8 Å². The normalized spacial score (nSPS) is 23.0. The Kier molecular flexibility index (Phi) is 4.08. The van der Waals surface area contributed by atoms with Crippen molar-refractivity contribution in [2.45, 2.75) is 38.1 Å². The van der Waals surface area contributed by atoms with E-state index in [0.29, 0.717) is 11.9 Å². The third-order valence-electron chi connectivity index (χ3n) is 5.40. The van der Waals surface area contributed by atoms with Gasteiger partial charge in [-0.15, -0.1) is 0 Å². The number of rotatable bonds is 4. The summed E-state index contributed by atoms with van der Waals surface area (Å²) >= 11 is 0. The van der Waals surface area contributed by atoms with Gasteiger partial charge in [-0.2, -0.15) is 0 Å². The Labute approximate surface area is 137 Å². The molecule has 0 bridgehead atoms. The average Bonchev–Trinajstić information content (AvgIpc) is 3.19. The standard InChI is InChI=1S/C19H25N3O/c23-19-8-4-11-22(19)16-5-3-10-21(14-16)12-9-15-13-20-18-7-2-1-6-17(15)18/h1-2,6-7,13,16,20H,3-5,8-12,14H2. The van der Waals surface area contributed by atoms with Gasteiger partial charge in [0.2, 0.25) is 5.91 Å². The number of nitrogens with zero attached hydrogens (tertiary/aromatic N) is 2. The third-order valence-corrected chi connectivity index (χ3v) is 5.40. The maximum absolute atomic E-state index is 12.0. The van der Waals surface area contributed by atoms with E-state index in [9.17, 15) is 4.79 Å². The van der Waals surface area contributed by atoms with Gasteiger partial charge < -0.3 is 14.8 Å². The van der Waals surface area contributed by atoms with Crippen LogP contribution in [0.5, 0.6) is 0 Å². The van der Waals surface area contributed by atoms with Crippen molar-refractivity contribution in [1.29, 1.82) is 0 Å². The van der Waals surface area contributed by atoms with E-state index < -0.39 is 0 Å². The molecule has 1 unspecified atom stereocenters. The maximum atomic E-state index is 12.0. The number of amides is 1. The highest BCUT2D eigenvalue weighted by Crippen LogP contribution is 2.23. The number of likely N-dealkylation sites (tertiary alicyclic amines) is 2. The Bertz CT molecular complexity index is 693. The molecule has 4 heteroatoms. The number of benzene rings is 1. The molecule has 1 atom stereocenters. The number of hydrogen-bond donors (Lipinski definition) is 1. The highest BCUT2D eigenvalue weighted by atomic mass is 16.2. The van der Waals surface area contributed by atoms with Gasteiger partial charge in [-0.25, -0.2) is 0 Å². The lowest BCUT2D eigenvalue weighted by Gasteiger charge is -2.37. The number of fused-ring (bicyclic) bond motifs is 1. The largest absolute Gasteiger partial charge is 0.361 e. The smallest absolute Gasteiger partial charge is 0.222 e. The van der Waals surface area contributed by atoms with E-state index in [-0.39, 0.29) is 0 Å². The molecule has 0 aliphatic carbocycles. The van der Waals surface area contributed by atoms with E-state index >= 15 is 0 Å². The van der Waals surface area contributed by atoms with Gasteiger partial charge in [0.1, 0.15) is 0 Å². The van der Waals surface area contributed by atoms with Crippen LogP contribution in [0.15, 0.2) is 30.5 Å². The molecular weight excluding hydrogens is 286 g/mol. The molecule has 1 aromatic carbocycles. The molecule has 4 rings (SSSR count). The summed E-state index contributed by atoms with van der Waals surface area (Å²) in [5.74, 6) is 0.369. The number of aromatic nitrogens is 1. The number of carbonyl (C=O) groups is 1. The number of para-hydroxylation sites is 1. The van der Waals surface area contributed by atoms with Crippen molar-refractivity contribution in [3.8, 4) is 0 Å². The molecule has 4 nitrogen and oxygen atoms in total. The summed E-state index contributed by atoms with van der Waals surface area (Å²) in [6, 6.07) is 8.96. The molecular formula is C19H25N3O. The van der Waals surface area contributed by atoms with Gasteiger partial charge in [0.15, 0.2) is 0 Å². The van der Waals surface area contributed by atoms with Crippen molar-refractivity contribution in [2.24, 2.45) is 0 Å². The average molecular weight is 311 g/mol. The van der Waals surface area contributed by atoms with E-state index in [1.165, 1.54) is 35.9 Å². The SMILES string of the molecule is O=C1CCCN1C1CCCN(CCc2c[nH]c3ccccc23)C1. The second-order valence-electron chi connectivity index (χ2n) is 6.90. The first-order chi connectivity index (χ1) is 11.3. The molecule has 122 valence electrons. The highest BCUT2D eigenvalue weighted by Gasteiger charge is 2.31. The van der Waals surface area contributed by atoms with Crippen LogP contribution >= 0.6 is 0 Å². The summed E-state index contributed by atoms with van der Waals surface area (Å²) in [6.45, 7) is 4.27. The Morgan fingerprint density at radius 1 is 1.17 bits per heavy atom. The van der Waals surface area contributed by atoms with Crippen LogP contribution < -0.4 is 0 Å². The van der Waals surface area contributed by atoms with Gasteiger partial charge >= 0.3 is 0 Å². The first-order valence-corrected chi connectivity index (χ1v) is 8.88. The fourth-order valence-corrected chi connectivity index (χ4v) is 4.16. The minimum Gasteiger partial charge on any atom is -0.361 e. The van der Waals surface area contributed by atoms with E-state index in [1.54, 1.807) is 0 Å². The number of carbonyl (C=O) groups excluding carboxylic acids is 1. The zero-order valence-corrected chi connectivity index (χ0v) is 13.6. The highest BCUT2D eigenvalue weighted by molar-refractivity contribution is 5.83. The van der Waals surface area contributed by atoms with Crippen LogP contribution in [0.1, 0.15) is 31.2 Å². The number of aromatic amines is 1. The summed E-state index contributed by atoms with van der Waals surface area (Å²) in [5, 5.41) is 1.34. The molecule has 0 radical (unpaired) electrons. The molecule has 23 heavy (non-hydrogen) atoms. The van der Waals surface area contributed by atoms with Gasteiger partial charge in [-0.05, 0) is 43.9 Å². The number of H-pyrrole nitrogens is 1. The fourth-order valence-electron chi connectivity index (χ4n) is 4.16. The molecule has 1 N–H and O–H groups in total. The van der Waals surface area contributed by atoms with E-state index in [1.807, 2.05) is 0 Å². The van der Waals surface area contributed by atoms with Gasteiger partial charge in [-0.3, -0.25) is 4.79 Å². The predicted octanol–water partition coefficient (Wildman–Crippen LogP) is 2.80. The van der Waals surface area contributed by atoms with Crippen LogP contribution in [0, 0.1) is 0 Å². The number of piperidine rings is 1. The molecule has 2 fully saturated rings. The molecule has 2 aliphatic rings. The van der Waals surface area contributed by atoms with Crippen molar-refractivity contribution in [2.75, 3.05) is 26.2 Å². The number of hydrogen-bond acceptors (Lipinski definition) is 2. The molecule has 2 aromatic rings. The summed E-state index contributed by atoms with van der Waals surface area (Å²) in [4.78, 5) is 20.0. The van der Waals surface area contributed by atoms with Crippen molar-refractivity contribution >= 4 is 16.8 Å². The second-order valence-corrected chi connectivity index (χ2v) is 6.90. The van der Waals surface area contributed by atoms with E-state index in [4.69, 9.17) is 0 Å². The Balaban J connectivity index is 1.38. The van der Waals surface area contributed by atoms with Crippen molar-refractivity contribution < 1.29 is 4.79 Å². The van der Waals surface area contributed by atoms with Crippen LogP contribution in [-0.4, -0.2) is 52.9 Å². The van der Waals surface area contributed by atoms with E-state index in [2.05, 4.69) is 45.2 Å². The lowest BCUT2D eigenvalue weighted by molar-refractivity contribution is -0.130. The molecule has 3 heterocycles. The molecule has 1 aromatic heterocycles. The minimum atomic E-state index is 0.369. The third kappa shape index (κ3) is 3.00. The van der Waals surface area contributed by atoms with Gasteiger partial charge in [-0.1, -0.05) is 18.2 Å². The Morgan fingerprint density at radius 2 is 2.09 bits per heavy atom. The molecule has 1 amide bonds. The quantitative estimate of drug-likeness (QED) is 0.943. The topological polar surface area (TPSA) is 39.3 Å². The monoisotopic (exact) mass is 311 g/mol. The summed E-state index contributed by atoms with van der Waals surface area (Å²) in [7, 11) is 0. The van der Waals surface area contributed by atoms with Crippen molar-refractivity contribution in [3.63, 3.8) is 0 Å². The lowest BCUT2D eigenvalue weighted by Crippen LogP contribution is -2.48. The molecule has 0 spiro atoms. The van der Waals surface area contributed by atoms with Crippen LogP contribution in [0.2, 0.25) is 0 Å². The number of nitrogens with one attached hydrogen (secondary N) is 1. The summed E-state index contributed by atoms with van der Waals surface area (Å²) < 4.78 is 0. The van der Waals surface area contributed by atoms with Gasteiger partial charge in [0, 0.05) is 49.2 Å².